The molecule has 228 valence electrons. The Bertz CT molecular complexity index is 668. The Hall–Kier alpha value is -1.12. The van der Waals surface area contributed by atoms with Gasteiger partial charge in [-0.15, -0.1) is 0 Å². The third-order valence-electron chi connectivity index (χ3n) is 9.63. The van der Waals surface area contributed by atoms with Gasteiger partial charge in [0, 0.05) is 11.1 Å². The molecule has 2 unspecified atom stereocenters. The van der Waals surface area contributed by atoms with Crippen LogP contribution in [0, 0.1) is 0 Å². The van der Waals surface area contributed by atoms with E-state index in [-0.39, 0.29) is 0 Å². The molecule has 3 aliphatic rings. The molecule has 0 aromatic carbocycles. The van der Waals surface area contributed by atoms with Crippen molar-refractivity contribution >= 4 is 0 Å². The van der Waals surface area contributed by atoms with E-state index >= 15 is 0 Å². The lowest BCUT2D eigenvalue weighted by Crippen LogP contribution is -3.07. The van der Waals surface area contributed by atoms with Gasteiger partial charge in [-0.05, 0) is 63.5 Å². The van der Waals surface area contributed by atoms with E-state index in [4.69, 9.17) is 0 Å². The maximum Gasteiger partial charge on any atom is 0.100 e. The van der Waals surface area contributed by atoms with E-state index in [9.17, 15) is 0 Å². The third-order valence-corrected chi connectivity index (χ3v) is 9.63. The molecule has 0 radical (unpaired) electrons. The molecule has 2 N–H and O–H groups in total. The highest BCUT2D eigenvalue weighted by Gasteiger charge is 2.11. The Morgan fingerprint density at radius 1 is 0.325 bits per heavy atom. The van der Waals surface area contributed by atoms with Crippen molar-refractivity contribution in [1.29, 1.82) is 0 Å². The summed E-state index contributed by atoms with van der Waals surface area (Å²) in [4.78, 5) is 3.40. The summed E-state index contributed by atoms with van der Waals surface area (Å²) in [6.07, 6.45) is 52.0. The van der Waals surface area contributed by atoms with E-state index < -0.39 is 0 Å². The van der Waals surface area contributed by atoms with Crippen molar-refractivity contribution in [2.24, 2.45) is 0 Å². The average molecular weight is 553 g/mol. The molecule has 0 saturated carbocycles. The fourth-order valence-electron chi connectivity index (χ4n) is 7.02. The summed E-state index contributed by atoms with van der Waals surface area (Å²) in [5, 5.41) is 0. The highest BCUT2D eigenvalue weighted by Crippen LogP contribution is 2.17. The van der Waals surface area contributed by atoms with E-state index in [0.29, 0.717) is 0 Å². The molecule has 3 heterocycles. The minimum absolute atomic E-state index is 1.21. The van der Waals surface area contributed by atoms with E-state index in [1.54, 1.807) is 20.9 Å². The average Bonchev–Trinajstić information content (AvgIpc) is 2.97. The second-order valence-electron chi connectivity index (χ2n) is 13.5. The molecule has 2 atom stereocenters. The van der Waals surface area contributed by atoms with Crippen molar-refractivity contribution in [2.75, 3.05) is 26.2 Å². The molecule has 2 nitrogen and oxygen atoms in total. The molecule has 3 aliphatic heterocycles. The fraction of sp³-hybridized carbons (Fsp3) is 0.789. The Labute approximate surface area is 250 Å². The predicted octanol–water partition coefficient (Wildman–Crippen LogP) is 8.82. The standard InChI is InChI=1S/C38H66N2/c1-3-7-11-15-19-23-31-39-33-26-30-38(36-39)28-22-18-14-10-6-2-4-8-12-16-20-24-32-40-34-25-29-37(35-40)27-21-17-13-9-5-1/h25-26,29-30,35-36H,1-24,27-28,31-34H2/p+2. The highest BCUT2D eigenvalue weighted by molar-refractivity contribution is 5.18. The SMILES string of the molecule is C1=CC2=C[NH+](C1)CCCCCCCCCCCCCCC1=C[NH+](CC=C1)CCCCCCCCCCCCCC2. The van der Waals surface area contributed by atoms with E-state index in [1.807, 2.05) is 0 Å². The van der Waals surface area contributed by atoms with Gasteiger partial charge in [0.15, 0.2) is 0 Å². The van der Waals surface area contributed by atoms with Gasteiger partial charge in [0.05, 0.1) is 25.5 Å². The summed E-state index contributed by atoms with van der Waals surface area (Å²) in [7, 11) is 0. The molecule has 0 aromatic heterocycles. The van der Waals surface area contributed by atoms with Crippen LogP contribution < -0.4 is 9.80 Å². The van der Waals surface area contributed by atoms with Gasteiger partial charge in [0.2, 0.25) is 0 Å². The van der Waals surface area contributed by atoms with Crippen LogP contribution in [0.25, 0.3) is 0 Å². The summed E-state index contributed by atoms with van der Waals surface area (Å²) in [6, 6.07) is 0. The van der Waals surface area contributed by atoms with Crippen molar-refractivity contribution in [3.05, 3.63) is 47.9 Å². The second-order valence-corrected chi connectivity index (χ2v) is 13.5. The van der Waals surface area contributed by atoms with Gasteiger partial charge in [-0.25, -0.2) is 0 Å². The fourth-order valence-corrected chi connectivity index (χ4v) is 7.02. The van der Waals surface area contributed by atoms with E-state index in [0.717, 1.165) is 0 Å². The van der Waals surface area contributed by atoms with Crippen LogP contribution in [0.2, 0.25) is 0 Å². The molecule has 4 bridgehead atoms. The molecule has 0 spiro atoms. The van der Waals surface area contributed by atoms with Crippen LogP contribution in [0.15, 0.2) is 47.9 Å². The molecule has 0 amide bonds. The lowest BCUT2D eigenvalue weighted by Gasteiger charge is -2.18. The summed E-state index contributed by atoms with van der Waals surface area (Å²) in [6.45, 7) is 5.08. The zero-order valence-corrected chi connectivity index (χ0v) is 26.7. The van der Waals surface area contributed by atoms with E-state index in [2.05, 4.69) is 36.7 Å². The van der Waals surface area contributed by atoms with E-state index in [1.165, 1.54) is 193 Å². The number of hydrogen-bond donors (Lipinski definition) is 2. The third kappa shape index (κ3) is 17.0. The number of quaternary nitrogens is 2. The van der Waals surface area contributed by atoms with Crippen LogP contribution in [0.3, 0.4) is 0 Å². The number of rotatable bonds is 0. The number of fused-ring (bicyclic) bond motifs is 2. The Morgan fingerprint density at radius 3 is 0.925 bits per heavy atom. The van der Waals surface area contributed by atoms with Crippen LogP contribution in [0.5, 0.6) is 0 Å². The lowest BCUT2D eigenvalue weighted by atomic mass is 10.0. The maximum absolute atomic E-state index is 2.56. The summed E-state index contributed by atoms with van der Waals surface area (Å²) < 4.78 is 0. The van der Waals surface area contributed by atoms with Gasteiger partial charge in [0.1, 0.15) is 13.1 Å². The van der Waals surface area contributed by atoms with Crippen LogP contribution >= 0.6 is 0 Å². The topological polar surface area (TPSA) is 8.88 Å². The minimum Gasteiger partial charge on any atom is -0.305 e. The Kier molecular flexibility index (Phi) is 19.6. The van der Waals surface area contributed by atoms with Crippen LogP contribution in [-0.4, -0.2) is 26.2 Å². The largest absolute Gasteiger partial charge is 0.305 e. The number of hydrogen-bond acceptors (Lipinski definition) is 0. The molecule has 0 fully saturated rings. The van der Waals surface area contributed by atoms with Crippen LogP contribution in [0.4, 0.5) is 0 Å². The van der Waals surface area contributed by atoms with Gasteiger partial charge in [-0.1, -0.05) is 128 Å². The molecule has 3 rings (SSSR count). The van der Waals surface area contributed by atoms with Gasteiger partial charge in [-0.3, -0.25) is 0 Å². The first kappa shape index (κ1) is 33.4. The quantitative estimate of drug-likeness (QED) is 0.297. The van der Waals surface area contributed by atoms with Gasteiger partial charge in [0.25, 0.3) is 0 Å². The van der Waals surface area contributed by atoms with Gasteiger partial charge < -0.3 is 9.80 Å². The lowest BCUT2D eigenvalue weighted by molar-refractivity contribution is -0.842. The summed E-state index contributed by atoms with van der Waals surface area (Å²) in [5.41, 5.74) is 3.21. The van der Waals surface area contributed by atoms with Crippen molar-refractivity contribution < 1.29 is 9.80 Å². The summed E-state index contributed by atoms with van der Waals surface area (Å²) in [5.74, 6) is 0. The smallest absolute Gasteiger partial charge is 0.100 e. The summed E-state index contributed by atoms with van der Waals surface area (Å²) >= 11 is 0. The number of allylic oxidation sites excluding steroid dienone is 4. The predicted molar refractivity (Wildman–Crippen MR) is 176 cm³/mol. The van der Waals surface area contributed by atoms with Crippen molar-refractivity contribution in [1.82, 2.24) is 0 Å². The minimum atomic E-state index is 1.21. The monoisotopic (exact) mass is 553 g/mol. The molecular formula is C38H68N2+2. The first-order chi connectivity index (χ1) is 19.9. The zero-order valence-electron chi connectivity index (χ0n) is 26.7. The van der Waals surface area contributed by atoms with Gasteiger partial charge in [-0.2, -0.15) is 0 Å². The Balaban J connectivity index is 1.29. The molecule has 40 heavy (non-hydrogen) atoms. The molecule has 0 saturated heterocycles. The van der Waals surface area contributed by atoms with Gasteiger partial charge >= 0.3 is 0 Å². The highest BCUT2D eigenvalue weighted by atomic mass is 15.1. The Morgan fingerprint density at radius 2 is 0.600 bits per heavy atom. The molecule has 0 aliphatic carbocycles. The van der Waals surface area contributed by atoms with Crippen molar-refractivity contribution in [3.63, 3.8) is 0 Å². The van der Waals surface area contributed by atoms with Crippen molar-refractivity contribution in [2.45, 2.75) is 167 Å². The second kappa shape index (κ2) is 23.4. The van der Waals surface area contributed by atoms with Crippen LogP contribution in [-0.2, 0) is 0 Å². The zero-order chi connectivity index (χ0) is 27.8. The molecule has 0 aromatic rings. The van der Waals surface area contributed by atoms with Crippen LogP contribution in [0.1, 0.15) is 167 Å². The molecule has 2 heteroatoms. The number of nitrogens with one attached hydrogen (secondary N) is 2. The van der Waals surface area contributed by atoms with Crippen molar-refractivity contribution in [3.8, 4) is 0 Å². The molecular weight excluding hydrogens is 484 g/mol. The maximum atomic E-state index is 2.56. The normalized spacial score (nSPS) is 27.6. The first-order valence-corrected chi connectivity index (χ1v) is 18.3. The first-order valence-electron chi connectivity index (χ1n) is 18.3.